The van der Waals surface area contributed by atoms with Crippen LogP contribution >= 0.6 is 0 Å². The average molecular weight is 430 g/mol. The summed E-state index contributed by atoms with van der Waals surface area (Å²) in [6, 6.07) is 18.8. The normalized spacial score (nSPS) is 11.2. The van der Waals surface area contributed by atoms with Gasteiger partial charge in [-0.3, -0.25) is 14.3 Å². The predicted molar refractivity (Wildman–Crippen MR) is 128 cm³/mol. The number of nitrogens with one attached hydrogen (secondary N) is 1. The van der Waals surface area contributed by atoms with E-state index in [1.54, 1.807) is 18.7 Å². The second kappa shape index (κ2) is 9.84. The molecule has 0 aliphatic rings. The van der Waals surface area contributed by atoms with Crippen LogP contribution in [0.5, 0.6) is 0 Å². The summed E-state index contributed by atoms with van der Waals surface area (Å²) in [5, 5.41) is 12.2. The zero-order valence-corrected chi connectivity index (χ0v) is 18.8. The first kappa shape index (κ1) is 22.6. The van der Waals surface area contributed by atoms with E-state index >= 15 is 0 Å². The predicted octanol–water partition coefficient (Wildman–Crippen LogP) is 3.88. The molecule has 32 heavy (non-hydrogen) atoms. The van der Waals surface area contributed by atoms with E-state index in [9.17, 15) is 14.9 Å². The lowest BCUT2D eigenvalue weighted by Gasteiger charge is -2.20. The molecule has 0 fully saturated rings. The molecule has 0 spiro atoms. The highest BCUT2D eigenvalue weighted by Gasteiger charge is 2.20. The van der Waals surface area contributed by atoms with Crippen molar-refractivity contribution in [2.75, 3.05) is 23.3 Å². The van der Waals surface area contributed by atoms with Crippen LogP contribution in [-0.4, -0.2) is 28.4 Å². The van der Waals surface area contributed by atoms with Crippen LogP contribution in [0.15, 0.2) is 65.0 Å². The van der Waals surface area contributed by atoms with Gasteiger partial charge in [0.05, 0.1) is 11.4 Å². The molecule has 7 nitrogen and oxygen atoms in total. The van der Waals surface area contributed by atoms with E-state index in [4.69, 9.17) is 0 Å². The molecule has 0 saturated heterocycles. The monoisotopic (exact) mass is 429 g/mol. The van der Waals surface area contributed by atoms with E-state index in [0.29, 0.717) is 11.4 Å². The van der Waals surface area contributed by atoms with Gasteiger partial charge >= 0.3 is 0 Å². The summed E-state index contributed by atoms with van der Waals surface area (Å²) in [5.41, 5.74) is 2.82. The van der Waals surface area contributed by atoms with Gasteiger partial charge in [0.25, 0.3) is 11.5 Å². The maximum Gasteiger partial charge on any atom is 0.295 e. The number of nitriles is 1. The van der Waals surface area contributed by atoms with Gasteiger partial charge in [-0.2, -0.15) is 5.26 Å². The Morgan fingerprint density at radius 3 is 2.28 bits per heavy atom. The first-order valence-corrected chi connectivity index (χ1v) is 10.5. The van der Waals surface area contributed by atoms with Gasteiger partial charge in [0, 0.05) is 25.8 Å². The Balaban J connectivity index is 1.88. The molecule has 1 heterocycles. The number of para-hydroxylation sites is 1. The quantitative estimate of drug-likeness (QED) is 0.456. The van der Waals surface area contributed by atoms with Crippen molar-refractivity contribution in [3.63, 3.8) is 0 Å². The Labute approximate surface area is 187 Å². The van der Waals surface area contributed by atoms with Crippen LogP contribution in [0.4, 0.5) is 11.4 Å². The van der Waals surface area contributed by atoms with Crippen molar-refractivity contribution >= 4 is 23.4 Å². The molecule has 0 atom stereocenters. The number of amides is 1. The number of carbonyl (C=O) groups is 1. The van der Waals surface area contributed by atoms with Crippen LogP contribution in [0.25, 0.3) is 11.8 Å². The summed E-state index contributed by atoms with van der Waals surface area (Å²) >= 11 is 0. The highest BCUT2D eigenvalue weighted by Crippen LogP contribution is 2.18. The minimum atomic E-state index is -0.619. The average Bonchev–Trinajstić information content (AvgIpc) is 3.02. The number of nitrogens with zero attached hydrogens (tertiary/aromatic N) is 4. The lowest BCUT2D eigenvalue weighted by Crippen LogP contribution is -2.23. The summed E-state index contributed by atoms with van der Waals surface area (Å²) in [5.74, 6) is -0.619. The molecule has 0 unspecified atom stereocenters. The van der Waals surface area contributed by atoms with Crippen LogP contribution in [-0.2, 0) is 11.8 Å². The number of benzene rings is 2. The van der Waals surface area contributed by atoms with Crippen LogP contribution in [0.3, 0.4) is 0 Å². The molecule has 3 aromatic rings. The number of hydrogen-bond acceptors (Lipinski definition) is 4. The minimum Gasteiger partial charge on any atom is -0.372 e. The van der Waals surface area contributed by atoms with E-state index in [-0.39, 0.29) is 16.8 Å². The van der Waals surface area contributed by atoms with Crippen molar-refractivity contribution in [3.05, 3.63) is 81.8 Å². The lowest BCUT2D eigenvalue weighted by molar-refractivity contribution is -0.112. The van der Waals surface area contributed by atoms with Crippen molar-refractivity contribution < 1.29 is 4.79 Å². The van der Waals surface area contributed by atoms with Crippen molar-refractivity contribution in [2.24, 2.45) is 7.05 Å². The fourth-order valence-corrected chi connectivity index (χ4v) is 3.58. The van der Waals surface area contributed by atoms with E-state index in [2.05, 4.69) is 24.1 Å². The van der Waals surface area contributed by atoms with Gasteiger partial charge in [-0.25, -0.2) is 4.68 Å². The molecular formula is C25H27N5O2. The maximum absolute atomic E-state index is 13.0. The fourth-order valence-electron chi connectivity index (χ4n) is 3.58. The standard InChI is InChI=1S/C25H27N5O2/c1-5-29(6-2)21-14-12-19(13-15-21)16-20(17-26)24(31)27-23-18(3)28(4)30(25(23)32)22-10-8-7-9-11-22/h7-16H,5-6H2,1-4H3,(H,27,31)/b20-16-. The number of rotatable bonds is 7. The zero-order chi connectivity index (χ0) is 23.3. The third kappa shape index (κ3) is 4.49. The molecule has 1 N–H and O–H groups in total. The smallest absolute Gasteiger partial charge is 0.295 e. The maximum atomic E-state index is 13.0. The van der Waals surface area contributed by atoms with Crippen LogP contribution in [0, 0.1) is 18.3 Å². The van der Waals surface area contributed by atoms with Crippen LogP contribution in [0.1, 0.15) is 25.1 Å². The minimum absolute atomic E-state index is 0.0745. The van der Waals surface area contributed by atoms with Gasteiger partial charge in [-0.1, -0.05) is 30.3 Å². The van der Waals surface area contributed by atoms with Gasteiger partial charge in [-0.05, 0) is 56.7 Å². The number of aromatic nitrogens is 2. The lowest BCUT2D eigenvalue weighted by atomic mass is 10.1. The molecular weight excluding hydrogens is 402 g/mol. The summed E-state index contributed by atoms with van der Waals surface area (Å²) < 4.78 is 3.15. The van der Waals surface area contributed by atoms with Crippen molar-refractivity contribution in [1.29, 1.82) is 5.26 Å². The third-order valence-electron chi connectivity index (χ3n) is 5.49. The van der Waals surface area contributed by atoms with E-state index in [1.165, 1.54) is 10.8 Å². The molecule has 3 rings (SSSR count). The summed E-state index contributed by atoms with van der Waals surface area (Å²) in [7, 11) is 1.75. The molecule has 0 bridgehead atoms. The largest absolute Gasteiger partial charge is 0.372 e. The van der Waals surface area contributed by atoms with Crippen molar-refractivity contribution in [3.8, 4) is 11.8 Å². The SMILES string of the molecule is CCN(CC)c1ccc(/C=C(/C#N)C(=O)Nc2c(C)n(C)n(-c3ccccc3)c2=O)cc1. The molecule has 1 aromatic heterocycles. The molecule has 0 aliphatic carbocycles. The second-order valence-corrected chi connectivity index (χ2v) is 7.32. The molecule has 0 saturated carbocycles. The Kier molecular flexibility index (Phi) is 6.96. The second-order valence-electron chi connectivity index (χ2n) is 7.32. The van der Waals surface area contributed by atoms with Gasteiger partial charge in [0.15, 0.2) is 0 Å². The van der Waals surface area contributed by atoms with Crippen molar-refractivity contribution in [2.45, 2.75) is 20.8 Å². The summed E-state index contributed by atoms with van der Waals surface area (Å²) in [4.78, 5) is 28.0. The molecule has 7 heteroatoms. The molecule has 0 radical (unpaired) electrons. The van der Waals surface area contributed by atoms with Crippen LogP contribution in [0.2, 0.25) is 0 Å². The van der Waals surface area contributed by atoms with Gasteiger partial charge in [0.1, 0.15) is 17.3 Å². The summed E-state index contributed by atoms with van der Waals surface area (Å²) in [6.07, 6.45) is 1.52. The third-order valence-corrected chi connectivity index (χ3v) is 5.49. The highest BCUT2D eigenvalue weighted by atomic mass is 16.2. The summed E-state index contributed by atoms with van der Waals surface area (Å²) in [6.45, 7) is 7.72. The van der Waals surface area contributed by atoms with Gasteiger partial charge in [-0.15, -0.1) is 0 Å². The van der Waals surface area contributed by atoms with Gasteiger partial charge < -0.3 is 10.2 Å². The Bertz CT molecular complexity index is 1220. The number of hydrogen-bond donors (Lipinski definition) is 1. The van der Waals surface area contributed by atoms with Crippen molar-refractivity contribution in [1.82, 2.24) is 9.36 Å². The fraction of sp³-hybridized carbons (Fsp3) is 0.240. The Hall–Kier alpha value is -4.05. The zero-order valence-electron chi connectivity index (χ0n) is 18.8. The van der Waals surface area contributed by atoms with E-state index in [1.807, 2.05) is 60.7 Å². The van der Waals surface area contributed by atoms with E-state index in [0.717, 1.165) is 24.3 Å². The highest BCUT2D eigenvalue weighted by molar-refractivity contribution is 6.09. The first-order valence-electron chi connectivity index (χ1n) is 10.5. The molecule has 0 aliphatic heterocycles. The Morgan fingerprint density at radius 1 is 1.09 bits per heavy atom. The topological polar surface area (TPSA) is 83.1 Å². The molecule has 164 valence electrons. The van der Waals surface area contributed by atoms with E-state index < -0.39 is 5.91 Å². The number of anilines is 2. The number of carbonyl (C=O) groups excluding carboxylic acids is 1. The van der Waals surface area contributed by atoms with Gasteiger partial charge in [0.2, 0.25) is 0 Å². The molecule has 1 amide bonds. The van der Waals surface area contributed by atoms with Crippen LogP contribution < -0.4 is 15.8 Å². The molecule has 2 aromatic carbocycles. The Morgan fingerprint density at radius 2 is 1.72 bits per heavy atom. The first-order chi connectivity index (χ1) is 15.4.